The van der Waals surface area contributed by atoms with Crippen LogP contribution < -0.4 is 13.7 Å². The Bertz CT molecular complexity index is 1520. The predicted octanol–water partition coefficient (Wildman–Crippen LogP) is 3.58. The predicted molar refractivity (Wildman–Crippen MR) is 147 cm³/mol. The highest BCUT2D eigenvalue weighted by molar-refractivity contribution is 7.86. The third kappa shape index (κ3) is 6.62. The van der Waals surface area contributed by atoms with Gasteiger partial charge in [-0.25, -0.2) is 9.97 Å². The van der Waals surface area contributed by atoms with Crippen LogP contribution in [-0.4, -0.2) is 73.0 Å². The summed E-state index contributed by atoms with van der Waals surface area (Å²) in [5.74, 6) is 0.550. The largest absolute Gasteiger partial charge is 0.481 e. The SMILES string of the molecule is COc1ccnc(OCC(=O)N2CCC(c3nc(C4=NOC(c5c(Cl)cccc5OS(C)(=O)=O)C4)cs3)CC2)n1. The number of benzene rings is 1. The van der Waals surface area contributed by atoms with E-state index in [-0.39, 0.29) is 30.2 Å². The van der Waals surface area contributed by atoms with Crippen molar-refractivity contribution < 1.29 is 31.7 Å². The number of ether oxygens (including phenoxy) is 2. The molecule has 2 aliphatic heterocycles. The Morgan fingerprint density at radius 2 is 2.02 bits per heavy atom. The van der Waals surface area contributed by atoms with Crippen molar-refractivity contribution in [2.24, 2.45) is 5.16 Å². The van der Waals surface area contributed by atoms with E-state index in [2.05, 4.69) is 15.1 Å². The number of likely N-dealkylation sites (tertiary alicyclic amines) is 1. The summed E-state index contributed by atoms with van der Waals surface area (Å²) in [6.07, 6.45) is 3.76. The van der Waals surface area contributed by atoms with Crippen molar-refractivity contribution in [1.29, 1.82) is 0 Å². The van der Waals surface area contributed by atoms with Gasteiger partial charge in [-0.2, -0.15) is 13.4 Å². The molecule has 1 unspecified atom stereocenters. The normalized spacial score (nSPS) is 17.7. The molecule has 5 rings (SSSR count). The number of thiazole rings is 1. The number of hydrogen-bond donors (Lipinski definition) is 0. The fraction of sp³-hybridized carbons (Fsp3) is 0.400. The molecule has 0 saturated carbocycles. The van der Waals surface area contributed by atoms with Gasteiger partial charge in [-0.3, -0.25) is 4.79 Å². The van der Waals surface area contributed by atoms with Crippen LogP contribution in [0.4, 0.5) is 0 Å². The van der Waals surface area contributed by atoms with Crippen LogP contribution in [-0.2, 0) is 19.8 Å². The highest BCUT2D eigenvalue weighted by atomic mass is 35.5. The number of nitrogens with zero attached hydrogens (tertiary/aromatic N) is 5. The van der Waals surface area contributed by atoms with E-state index in [1.807, 2.05) is 5.38 Å². The first-order chi connectivity index (χ1) is 19.2. The fourth-order valence-electron chi connectivity index (χ4n) is 4.46. The van der Waals surface area contributed by atoms with Crippen molar-refractivity contribution in [3.63, 3.8) is 0 Å². The van der Waals surface area contributed by atoms with Gasteiger partial charge in [0.1, 0.15) is 5.71 Å². The zero-order valence-corrected chi connectivity index (χ0v) is 24.0. The molecule has 3 aromatic rings. The number of amides is 1. The standard InChI is InChI=1S/C25H26ClN5O7S2/c1-35-21-6-9-27-25(29-21)36-13-22(32)31-10-7-15(8-11-31)24-28-18(14-39-24)17-12-20(37-30-17)23-16(26)4-3-5-19(23)38-40(2,33)34/h3-6,9,14-15,20H,7-8,10-13H2,1-2H3. The van der Waals surface area contributed by atoms with E-state index >= 15 is 0 Å². The van der Waals surface area contributed by atoms with Gasteiger partial charge >= 0.3 is 16.1 Å². The van der Waals surface area contributed by atoms with Gasteiger partial charge < -0.3 is 23.4 Å². The Morgan fingerprint density at radius 1 is 1.23 bits per heavy atom. The van der Waals surface area contributed by atoms with Crippen LogP contribution in [0.5, 0.6) is 17.6 Å². The van der Waals surface area contributed by atoms with Gasteiger partial charge in [0.2, 0.25) is 5.88 Å². The summed E-state index contributed by atoms with van der Waals surface area (Å²) in [5, 5.41) is 7.42. The lowest BCUT2D eigenvalue weighted by atomic mass is 9.97. The maximum Gasteiger partial charge on any atom is 0.320 e. The van der Waals surface area contributed by atoms with Crippen molar-refractivity contribution in [3.05, 3.63) is 57.1 Å². The third-order valence-electron chi connectivity index (χ3n) is 6.40. The Labute approximate surface area is 240 Å². The lowest BCUT2D eigenvalue weighted by molar-refractivity contribution is -0.134. The van der Waals surface area contributed by atoms with E-state index in [4.69, 9.17) is 35.1 Å². The van der Waals surface area contributed by atoms with Crippen LogP contribution in [0, 0.1) is 0 Å². The minimum Gasteiger partial charge on any atom is -0.481 e. The van der Waals surface area contributed by atoms with E-state index in [0.29, 0.717) is 47.4 Å². The third-order valence-corrected chi connectivity index (χ3v) is 8.22. The Morgan fingerprint density at radius 3 is 2.77 bits per heavy atom. The molecule has 0 aliphatic carbocycles. The molecule has 0 N–H and O–H groups in total. The Balaban J connectivity index is 1.15. The molecule has 12 nitrogen and oxygen atoms in total. The average Bonchev–Trinajstić information content (AvgIpc) is 3.62. The zero-order chi connectivity index (χ0) is 28.3. The summed E-state index contributed by atoms with van der Waals surface area (Å²) in [5.41, 5.74) is 1.76. The number of carbonyl (C=O) groups excluding carboxylic acids is 1. The van der Waals surface area contributed by atoms with Gasteiger partial charge in [0.05, 0.1) is 34.7 Å². The quantitative estimate of drug-likeness (QED) is 0.331. The van der Waals surface area contributed by atoms with E-state index in [9.17, 15) is 13.2 Å². The van der Waals surface area contributed by atoms with Crippen molar-refractivity contribution >= 4 is 44.7 Å². The Hall–Kier alpha value is -3.49. The van der Waals surface area contributed by atoms with E-state index in [0.717, 1.165) is 24.1 Å². The first kappa shape index (κ1) is 28.1. The second-order valence-electron chi connectivity index (χ2n) is 9.17. The minimum atomic E-state index is -3.75. The smallest absolute Gasteiger partial charge is 0.320 e. The lowest BCUT2D eigenvalue weighted by Gasteiger charge is -2.31. The summed E-state index contributed by atoms with van der Waals surface area (Å²) in [4.78, 5) is 32.9. The van der Waals surface area contributed by atoms with Crippen molar-refractivity contribution in [2.45, 2.75) is 31.3 Å². The van der Waals surface area contributed by atoms with Gasteiger partial charge in [-0.1, -0.05) is 22.8 Å². The number of aromatic nitrogens is 3. The first-order valence-electron chi connectivity index (χ1n) is 12.3. The number of oxime groups is 1. The fourth-order valence-corrected chi connectivity index (χ4v) is 6.22. The van der Waals surface area contributed by atoms with Crippen LogP contribution in [0.3, 0.4) is 0 Å². The Kier molecular flexibility index (Phi) is 8.38. The molecule has 15 heteroatoms. The van der Waals surface area contributed by atoms with Crippen LogP contribution >= 0.6 is 22.9 Å². The molecule has 1 fully saturated rings. The van der Waals surface area contributed by atoms with Crippen LogP contribution in [0.1, 0.15) is 47.5 Å². The number of hydrogen-bond acceptors (Lipinski definition) is 12. The molecule has 1 amide bonds. The molecular weight excluding hydrogens is 582 g/mol. The van der Waals surface area contributed by atoms with Crippen LogP contribution in [0.2, 0.25) is 5.02 Å². The molecule has 0 bridgehead atoms. The molecule has 0 radical (unpaired) electrons. The van der Waals surface area contributed by atoms with Crippen molar-refractivity contribution in [2.75, 3.05) is 33.1 Å². The summed E-state index contributed by atoms with van der Waals surface area (Å²) < 4.78 is 39.0. The second-order valence-corrected chi connectivity index (χ2v) is 12.0. The number of carbonyl (C=O) groups is 1. The van der Waals surface area contributed by atoms with E-state index < -0.39 is 16.2 Å². The van der Waals surface area contributed by atoms with Gasteiger partial charge in [-0.05, 0) is 25.0 Å². The van der Waals surface area contributed by atoms with Gasteiger partial charge in [0.25, 0.3) is 5.91 Å². The van der Waals surface area contributed by atoms with Crippen LogP contribution in [0.25, 0.3) is 0 Å². The summed E-state index contributed by atoms with van der Waals surface area (Å²) >= 11 is 7.91. The molecule has 2 aliphatic rings. The molecule has 1 saturated heterocycles. The molecule has 4 heterocycles. The van der Waals surface area contributed by atoms with Crippen LogP contribution in [0.15, 0.2) is 41.0 Å². The van der Waals surface area contributed by atoms with Crippen molar-refractivity contribution in [1.82, 2.24) is 19.9 Å². The maximum absolute atomic E-state index is 12.6. The van der Waals surface area contributed by atoms with E-state index in [1.54, 1.807) is 34.4 Å². The molecule has 212 valence electrons. The summed E-state index contributed by atoms with van der Waals surface area (Å²) in [6, 6.07) is 6.47. The number of halogens is 1. The molecule has 2 aromatic heterocycles. The van der Waals surface area contributed by atoms with Gasteiger partial charge in [0.15, 0.2) is 18.5 Å². The number of methoxy groups -OCH3 is 1. The first-order valence-corrected chi connectivity index (χ1v) is 15.4. The molecule has 1 aromatic carbocycles. The molecular formula is C25H26ClN5O7S2. The van der Waals surface area contributed by atoms with Crippen molar-refractivity contribution in [3.8, 4) is 17.6 Å². The summed E-state index contributed by atoms with van der Waals surface area (Å²) in [7, 11) is -2.26. The maximum atomic E-state index is 12.6. The summed E-state index contributed by atoms with van der Waals surface area (Å²) in [6.45, 7) is 1.02. The second kappa shape index (κ2) is 11.9. The highest BCUT2D eigenvalue weighted by Gasteiger charge is 2.32. The van der Waals surface area contributed by atoms with E-state index in [1.165, 1.54) is 19.4 Å². The monoisotopic (exact) mass is 607 g/mol. The minimum absolute atomic E-state index is 0.0904. The molecule has 40 heavy (non-hydrogen) atoms. The molecule has 0 spiro atoms. The molecule has 1 atom stereocenters. The average molecular weight is 608 g/mol. The topological polar surface area (TPSA) is 142 Å². The number of rotatable bonds is 9. The van der Waals surface area contributed by atoms with Gasteiger partial charge in [0, 0.05) is 43.1 Å². The lowest BCUT2D eigenvalue weighted by Crippen LogP contribution is -2.40. The van der Waals surface area contributed by atoms with Gasteiger partial charge in [-0.15, -0.1) is 11.3 Å². The number of piperidine rings is 1. The highest BCUT2D eigenvalue weighted by Crippen LogP contribution is 2.40. The zero-order valence-electron chi connectivity index (χ0n) is 21.6.